The number of hydrogen-bond donors (Lipinski definition) is 1. The highest BCUT2D eigenvalue weighted by Gasteiger charge is 2.59. The van der Waals surface area contributed by atoms with Gasteiger partial charge >= 0.3 is 0 Å². The van der Waals surface area contributed by atoms with Crippen LogP contribution in [0, 0.1) is 28.6 Å². The third-order valence-electron chi connectivity index (χ3n) is 9.68. The molecular formula is C25H44N2O. The Morgan fingerprint density at radius 2 is 1.79 bits per heavy atom. The van der Waals surface area contributed by atoms with Gasteiger partial charge in [0.1, 0.15) is 0 Å². The topological polar surface area (TPSA) is 26.7 Å². The van der Waals surface area contributed by atoms with E-state index in [1.165, 1.54) is 58.0 Å². The summed E-state index contributed by atoms with van der Waals surface area (Å²) in [5.41, 5.74) is 2.48. The number of aliphatic hydroxyl groups is 1. The fraction of sp³-hybridized carbons (Fsp3) is 0.920. The molecule has 0 saturated heterocycles. The number of aliphatic hydroxyl groups excluding tert-OH is 1. The monoisotopic (exact) mass is 388 g/mol. The van der Waals surface area contributed by atoms with Crippen LogP contribution in [0.4, 0.5) is 0 Å². The van der Waals surface area contributed by atoms with E-state index in [0.717, 1.165) is 36.6 Å². The van der Waals surface area contributed by atoms with Gasteiger partial charge in [-0.05, 0) is 121 Å². The van der Waals surface area contributed by atoms with Gasteiger partial charge in [0, 0.05) is 6.04 Å². The smallest absolute Gasteiger partial charge is 0.0577 e. The molecule has 160 valence electrons. The van der Waals surface area contributed by atoms with Crippen molar-refractivity contribution in [2.45, 2.75) is 83.8 Å². The molecule has 0 heterocycles. The SMILES string of the molecule is CN(C)CCCN(C)[C@H]1CC[C@H]2C3CC=C4C[C@@H](O)CCC4(C)[C@H]3CCC12C. The molecule has 0 aromatic rings. The summed E-state index contributed by atoms with van der Waals surface area (Å²) in [6.07, 6.45) is 13.8. The van der Waals surface area contributed by atoms with Crippen LogP contribution in [-0.4, -0.2) is 61.3 Å². The summed E-state index contributed by atoms with van der Waals surface area (Å²) in [4.78, 5) is 5.03. The van der Waals surface area contributed by atoms with Gasteiger partial charge in [0.05, 0.1) is 6.10 Å². The lowest BCUT2D eigenvalue weighted by Crippen LogP contribution is -2.53. The highest BCUT2D eigenvalue weighted by molar-refractivity contribution is 5.25. The van der Waals surface area contributed by atoms with Crippen LogP contribution >= 0.6 is 0 Å². The molecule has 4 rings (SSSR count). The van der Waals surface area contributed by atoms with E-state index in [2.05, 4.69) is 50.9 Å². The molecule has 0 amide bonds. The molecule has 3 nitrogen and oxygen atoms in total. The van der Waals surface area contributed by atoms with Crippen molar-refractivity contribution < 1.29 is 5.11 Å². The average Bonchev–Trinajstić information content (AvgIpc) is 2.99. The Balaban J connectivity index is 1.49. The summed E-state index contributed by atoms with van der Waals surface area (Å²) in [6, 6.07) is 0.770. The molecule has 7 atom stereocenters. The zero-order valence-electron chi connectivity index (χ0n) is 19.1. The van der Waals surface area contributed by atoms with Crippen LogP contribution in [0.3, 0.4) is 0 Å². The maximum absolute atomic E-state index is 10.2. The van der Waals surface area contributed by atoms with Crippen LogP contribution in [0.1, 0.15) is 71.6 Å². The van der Waals surface area contributed by atoms with E-state index in [1.54, 1.807) is 5.57 Å². The van der Waals surface area contributed by atoms with E-state index in [4.69, 9.17) is 0 Å². The molecule has 4 aliphatic carbocycles. The molecule has 0 spiro atoms. The second-order valence-electron chi connectivity index (χ2n) is 11.4. The molecule has 0 aliphatic heterocycles. The predicted octanol–water partition coefficient (Wildman–Crippen LogP) is 4.56. The minimum atomic E-state index is -0.0867. The van der Waals surface area contributed by atoms with Crippen LogP contribution in [0.5, 0.6) is 0 Å². The zero-order valence-corrected chi connectivity index (χ0v) is 19.1. The van der Waals surface area contributed by atoms with Gasteiger partial charge < -0.3 is 14.9 Å². The standard InChI is InChI=1S/C25H44N2O/c1-24-13-11-19(28)17-18(24)7-8-20-21-9-10-23(25(21,2)14-12-22(20)24)27(5)16-6-15-26(3)4/h7,19-23,28H,6,8-17H2,1-5H3/t19-,20?,21-,22-,23-,24?,25?/m0/s1. The lowest BCUT2D eigenvalue weighted by atomic mass is 9.48. The van der Waals surface area contributed by atoms with Gasteiger partial charge in [0.25, 0.3) is 0 Å². The van der Waals surface area contributed by atoms with Crippen molar-refractivity contribution >= 4 is 0 Å². The van der Waals surface area contributed by atoms with Gasteiger partial charge in [-0.15, -0.1) is 0 Å². The van der Waals surface area contributed by atoms with Crippen molar-refractivity contribution in [2.75, 3.05) is 34.2 Å². The van der Waals surface area contributed by atoms with E-state index in [-0.39, 0.29) is 6.10 Å². The maximum atomic E-state index is 10.2. The van der Waals surface area contributed by atoms with Crippen molar-refractivity contribution in [3.05, 3.63) is 11.6 Å². The van der Waals surface area contributed by atoms with Crippen LogP contribution in [0.15, 0.2) is 11.6 Å². The zero-order chi connectivity index (χ0) is 20.1. The first-order chi connectivity index (χ1) is 13.3. The summed E-state index contributed by atoms with van der Waals surface area (Å²) >= 11 is 0. The minimum absolute atomic E-state index is 0.0867. The van der Waals surface area contributed by atoms with E-state index < -0.39 is 0 Å². The Labute approximate surface area is 173 Å². The number of fused-ring (bicyclic) bond motifs is 5. The summed E-state index contributed by atoms with van der Waals surface area (Å²) < 4.78 is 0. The normalized spacial score (nSPS) is 45.6. The van der Waals surface area contributed by atoms with Gasteiger partial charge in [-0.3, -0.25) is 0 Å². The number of nitrogens with zero attached hydrogens (tertiary/aromatic N) is 2. The Kier molecular flexibility index (Phi) is 5.74. The van der Waals surface area contributed by atoms with Gasteiger partial charge in [0.15, 0.2) is 0 Å². The number of hydrogen-bond acceptors (Lipinski definition) is 3. The maximum Gasteiger partial charge on any atom is 0.0577 e. The van der Waals surface area contributed by atoms with Crippen LogP contribution < -0.4 is 0 Å². The molecule has 3 fully saturated rings. The first-order valence-corrected chi connectivity index (χ1v) is 12.0. The van der Waals surface area contributed by atoms with Crippen LogP contribution in [0.2, 0.25) is 0 Å². The first kappa shape index (κ1) is 20.9. The van der Waals surface area contributed by atoms with Crippen molar-refractivity contribution in [3.8, 4) is 0 Å². The Bertz CT molecular complexity index is 601. The fourth-order valence-electron chi connectivity index (χ4n) is 8.13. The lowest BCUT2D eigenvalue weighted by Gasteiger charge is -2.58. The van der Waals surface area contributed by atoms with Gasteiger partial charge in [-0.2, -0.15) is 0 Å². The third kappa shape index (κ3) is 3.40. The van der Waals surface area contributed by atoms with Crippen molar-refractivity contribution in [1.82, 2.24) is 9.80 Å². The number of allylic oxidation sites excluding steroid dienone is 1. The third-order valence-corrected chi connectivity index (χ3v) is 9.68. The van der Waals surface area contributed by atoms with Gasteiger partial charge in [-0.1, -0.05) is 25.5 Å². The molecule has 4 aliphatic rings. The number of rotatable bonds is 5. The summed E-state index contributed by atoms with van der Waals surface area (Å²) in [7, 11) is 6.76. The molecule has 0 aromatic heterocycles. The molecule has 3 saturated carbocycles. The molecule has 0 aromatic carbocycles. The highest BCUT2D eigenvalue weighted by Crippen LogP contribution is 2.65. The molecule has 0 bridgehead atoms. The largest absolute Gasteiger partial charge is 0.393 e. The molecule has 0 radical (unpaired) electrons. The Morgan fingerprint density at radius 3 is 2.54 bits per heavy atom. The summed E-state index contributed by atoms with van der Waals surface area (Å²) in [6.45, 7) is 7.61. The Hall–Kier alpha value is -0.380. The second-order valence-corrected chi connectivity index (χ2v) is 11.4. The fourth-order valence-corrected chi connectivity index (χ4v) is 8.13. The molecule has 1 N–H and O–H groups in total. The van der Waals surface area contributed by atoms with Gasteiger partial charge in [-0.25, -0.2) is 0 Å². The Morgan fingerprint density at radius 1 is 1.00 bits per heavy atom. The molecule has 28 heavy (non-hydrogen) atoms. The predicted molar refractivity (Wildman–Crippen MR) is 117 cm³/mol. The summed E-state index contributed by atoms with van der Waals surface area (Å²) in [5.74, 6) is 2.63. The highest BCUT2D eigenvalue weighted by atomic mass is 16.3. The quantitative estimate of drug-likeness (QED) is 0.699. The van der Waals surface area contributed by atoms with Crippen molar-refractivity contribution in [3.63, 3.8) is 0 Å². The molecule has 3 unspecified atom stereocenters. The van der Waals surface area contributed by atoms with Crippen molar-refractivity contribution in [2.24, 2.45) is 28.6 Å². The van der Waals surface area contributed by atoms with E-state index >= 15 is 0 Å². The second kappa shape index (κ2) is 7.71. The van der Waals surface area contributed by atoms with Gasteiger partial charge in [0.2, 0.25) is 0 Å². The minimum Gasteiger partial charge on any atom is -0.393 e. The molecular weight excluding hydrogens is 344 g/mol. The van der Waals surface area contributed by atoms with E-state index in [9.17, 15) is 5.11 Å². The van der Waals surface area contributed by atoms with Crippen molar-refractivity contribution in [1.29, 1.82) is 0 Å². The van der Waals surface area contributed by atoms with E-state index in [1.807, 2.05) is 0 Å². The van der Waals surface area contributed by atoms with Crippen LogP contribution in [0.25, 0.3) is 0 Å². The average molecular weight is 389 g/mol. The summed E-state index contributed by atoms with van der Waals surface area (Å²) in [5, 5.41) is 10.2. The molecule has 3 heteroatoms. The van der Waals surface area contributed by atoms with E-state index in [0.29, 0.717) is 10.8 Å². The van der Waals surface area contributed by atoms with Crippen LogP contribution in [-0.2, 0) is 0 Å². The first-order valence-electron chi connectivity index (χ1n) is 12.0. The lowest BCUT2D eigenvalue weighted by molar-refractivity contribution is -0.0565.